The first-order valence-corrected chi connectivity index (χ1v) is 10.7. The van der Waals surface area contributed by atoms with E-state index in [0.29, 0.717) is 0 Å². The van der Waals surface area contributed by atoms with Gasteiger partial charge in [0.2, 0.25) is 0 Å². The van der Waals surface area contributed by atoms with Crippen molar-refractivity contribution in [3.05, 3.63) is 95.1 Å². The number of para-hydroxylation sites is 2. The van der Waals surface area contributed by atoms with Crippen molar-refractivity contribution in [3.8, 4) is 0 Å². The van der Waals surface area contributed by atoms with Crippen molar-refractivity contribution in [1.82, 2.24) is 9.55 Å². The second-order valence-corrected chi connectivity index (χ2v) is 8.34. The van der Waals surface area contributed by atoms with Crippen LogP contribution in [0.5, 0.6) is 0 Å². The maximum absolute atomic E-state index is 13.5. The second-order valence-electron chi connectivity index (χ2n) is 7.27. The van der Waals surface area contributed by atoms with Gasteiger partial charge in [-0.3, -0.25) is 4.79 Å². The fourth-order valence-electron chi connectivity index (χ4n) is 3.44. The molecule has 4 heteroatoms. The van der Waals surface area contributed by atoms with Gasteiger partial charge in [0.1, 0.15) is 5.25 Å². The standard InChI is InChI=1S/C25H24N2OS/c1-4-27-22-8-6-5-7-21(22)26-25(27)29-24(20-15-11-18(3)12-16-20)23(28)19-13-9-17(2)10-14-19/h5-16,24H,4H2,1-3H3/t24-/m1/s1. The van der Waals surface area contributed by atoms with Gasteiger partial charge in [-0.05, 0) is 38.5 Å². The summed E-state index contributed by atoms with van der Waals surface area (Å²) in [6.45, 7) is 7.01. The molecule has 1 aromatic heterocycles. The third-order valence-electron chi connectivity index (χ3n) is 5.11. The SMILES string of the molecule is CCn1c(S[C@@H](C(=O)c2ccc(C)cc2)c2ccc(C)cc2)nc2ccccc21. The average Bonchev–Trinajstić information content (AvgIpc) is 3.10. The summed E-state index contributed by atoms with van der Waals surface area (Å²) in [5, 5.41) is 0.528. The van der Waals surface area contributed by atoms with E-state index in [1.807, 2.05) is 49.4 Å². The van der Waals surface area contributed by atoms with Crippen LogP contribution in [0.3, 0.4) is 0 Å². The predicted molar refractivity (Wildman–Crippen MR) is 121 cm³/mol. The number of Topliss-reactive ketones (excluding diaryl/α,β-unsaturated/α-hetero) is 1. The zero-order chi connectivity index (χ0) is 20.4. The highest BCUT2D eigenvalue weighted by Crippen LogP contribution is 2.38. The number of aromatic nitrogens is 2. The molecule has 3 nitrogen and oxygen atoms in total. The summed E-state index contributed by atoms with van der Waals surface area (Å²) in [6, 6.07) is 24.2. The maximum Gasteiger partial charge on any atom is 0.180 e. The number of carbonyl (C=O) groups is 1. The van der Waals surface area contributed by atoms with Gasteiger partial charge in [0.05, 0.1) is 11.0 Å². The minimum atomic E-state index is -0.347. The van der Waals surface area contributed by atoms with Crippen molar-refractivity contribution in [2.24, 2.45) is 0 Å². The number of hydrogen-bond acceptors (Lipinski definition) is 3. The monoisotopic (exact) mass is 400 g/mol. The van der Waals surface area contributed by atoms with Crippen molar-refractivity contribution in [2.75, 3.05) is 0 Å². The summed E-state index contributed by atoms with van der Waals surface area (Å²) in [5.41, 5.74) is 6.12. The molecule has 0 radical (unpaired) electrons. The predicted octanol–water partition coefficient (Wildman–Crippen LogP) is 6.39. The van der Waals surface area contributed by atoms with Crippen LogP contribution in [0.25, 0.3) is 11.0 Å². The molecule has 0 fully saturated rings. The van der Waals surface area contributed by atoms with E-state index in [4.69, 9.17) is 4.98 Å². The summed E-state index contributed by atoms with van der Waals surface area (Å²) in [7, 11) is 0. The van der Waals surface area contributed by atoms with Crippen molar-refractivity contribution in [2.45, 2.75) is 37.7 Å². The molecule has 1 heterocycles. The summed E-state index contributed by atoms with van der Waals surface area (Å²) >= 11 is 1.53. The zero-order valence-corrected chi connectivity index (χ0v) is 17.7. The topological polar surface area (TPSA) is 34.9 Å². The van der Waals surface area contributed by atoms with Crippen LogP contribution in [-0.2, 0) is 6.54 Å². The van der Waals surface area contributed by atoms with Crippen molar-refractivity contribution >= 4 is 28.6 Å². The lowest BCUT2D eigenvalue weighted by molar-refractivity contribution is 0.0989. The third kappa shape index (κ3) is 3.99. The van der Waals surface area contributed by atoms with Gasteiger partial charge in [-0.2, -0.15) is 0 Å². The summed E-state index contributed by atoms with van der Waals surface area (Å²) in [4.78, 5) is 18.3. The van der Waals surface area contributed by atoms with Crippen LogP contribution >= 0.6 is 11.8 Å². The van der Waals surface area contributed by atoms with Crippen LogP contribution in [-0.4, -0.2) is 15.3 Å². The van der Waals surface area contributed by atoms with E-state index >= 15 is 0 Å². The Bertz CT molecular complexity index is 1140. The first-order chi connectivity index (χ1) is 14.1. The Kier molecular flexibility index (Phi) is 5.54. The smallest absolute Gasteiger partial charge is 0.180 e. The lowest BCUT2D eigenvalue weighted by atomic mass is 10.0. The highest BCUT2D eigenvalue weighted by atomic mass is 32.2. The molecule has 29 heavy (non-hydrogen) atoms. The van der Waals surface area contributed by atoms with Gasteiger partial charge in [-0.1, -0.05) is 83.6 Å². The molecule has 0 saturated heterocycles. The van der Waals surface area contributed by atoms with Crippen LogP contribution < -0.4 is 0 Å². The molecular formula is C25H24N2OS. The van der Waals surface area contributed by atoms with E-state index in [1.165, 1.54) is 17.3 Å². The molecule has 4 rings (SSSR count). The zero-order valence-electron chi connectivity index (χ0n) is 16.9. The van der Waals surface area contributed by atoms with Crippen molar-refractivity contribution in [3.63, 3.8) is 0 Å². The first kappa shape index (κ1) is 19.5. The van der Waals surface area contributed by atoms with Gasteiger partial charge in [0.25, 0.3) is 0 Å². The van der Waals surface area contributed by atoms with E-state index < -0.39 is 0 Å². The largest absolute Gasteiger partial charge is 0.319 e. The van der Waals surface area contributed by atoms with Gasteiger partial charge in [0.15, 0.2) is 10.9 Å². The fourth-order valence-corrected chi connectivity index (χ4v) is 4.69. The molecule has 3 aromatic carbocycles. The van der Waals surface area contributed by atoms with Crippen LogP contribution in [0, 0.1) is 13.8 Å². The fraction of sp³-hybridized carbons (Fsp3) is 0.200. The Morgan fingerprint density at radius 2 is 1.55 bits per heavy atom. The Labute approximate surface area is 175 Å². The minimum absolute atomic E-state index is 0.105. The number of aryl methyl sites for hydroxylation is 3. The number of benzene rings is 3. The van der Waals surface area contributed by atoms with Crippen LogP contribution in [0.1, 0.15) is 39.2 Å². The molecule has 0 unspecified atom stereocenters. The van der Waals surface area contributed by atoms with E-state index in [1.54, 1.807) is 0 Å². The Morgan fingerprint density at radius 1 is 0.931 bits per heavy atom. The molecular weight excluding hydrogens is 376 g/mol. The van der Waals surface area contributed by atoms with Gasteiger partial charge in [-0.15, -0.1) is 0 Å². The molecule has 1 atom stereocenters. The van der Waals surface area contributed by atoms with Crippen LogP contribution in [0.4, 0.5) is 0 Å². The molecule has 4 aromatic rings. The first-order valence-electron chi connectivity index (χ1n) is 9.86. The number of fused-ring (bicyclic) bond motifs is 1. The highest BCUT2D eigenvalue weighted by Gasteiger charge is 2.26. The van der Waals surface area contributed by atoms with Gasteiger partial charge in [0, 0.05) is 12.1 Å². The molecule has 0 aliphatic heterocycles. The van der Waals surface area contributed by atoms with Gasteiger partial charge in [-0.25, -0.2) is 4.98 Å². The van der Waals surface area contributed by atoms with E-state index in [2.05, 4.69) is 48.7 Å². The third-order valence-corrected chi connectivity index (χ3v) is 6.36. The maximum atomic E-state index is 13.5. The molecule has 0 saturated carbocycles. The molecule has 0 aliphatic carbocycles. The van der Waals surface area contributed by atoms with Gasteiger partial charge >= 0.3 is 0 Å². The molecule has 0 amide bonds. The molecule has 0 N–H and O–H groups in total. The second kappa shape index (κ2) is 8.26. The Hall–Kier alpha value is -2.85. The summed E-state index contributed by atoms with van der Waals surface area (Å²) < 4.78 is 2.18. The number of nitrogens with zero attached hydrogens (tertiary/aromatic N) is 2. The van der Waals surface area contributed by atoms with Crippen molar-refractivity contribution < 1.29 is 4.79 Å². The summed E-state index contributed by atoms with van der Waals surface area (Å²) in [6.07, 6.45) is 0. The van der Waals surface area contributed by atoms with E-state index in [-0.39, 0.29) is 11.0 Å². The Morgan fingerprint density at radius 3 is 2.21 bits per heavy atom. The molecule has 0 bridgehead atoms. The van der Waals surface area contributed by atoms with Gasteiger partial charge < -0.3 is 4.57 Å². The van der Waals surface area contributed by atoms with Crippen LogP contribution in [0.2, 0.25) is 0 Å². The van der Waals surface area contributed by atoms with E-state index in [0.717, 1.165) is 39.4 Å². The number of thioether (sulfide) groups is 1. The molecule has 0 spiro atoms. The van der Waals surface area contributed by atoms with E-state index in [9.17, 15) is 4.79 Å². The number of ketones is 1. The normalized spacial score (nSPS) is 12.2. The number of hydrogen-bond donors (Lipinski definition) is 0. The highest BCUT2D eigenvalue weighted by molar-refractivity contribution is 8.00. The number of rotatable bonds is 6. The molecule has 0 aliphatic rings. The average molecular weight is 401 g/mol. The number of imidazole rings is 1. The Balaban J connectivity index is 1.77. The summed E-state index contributed by atoms with van der Waals surface area (Å²) in [5.74, 6) is 0.105. The lowest BCUT2D eigenvalue weighted by Crippen LogP contribution is -2.11. The van der Waals surface area contributed by atoms with Crippen LogP contribution in [0.15, 0.2) is 78.0 Å². The lowest BCUT2D eigenvalue weighted by Gasteiger charge is -2.17. The molecule has 146 valence electrons. The van der Waals surface area contributed by atoms with Crippen molar-refractivity contribution in [1.29, 1.82) is 0 Å². The minimum Gasteiger partial charge on any atom is -0.319 e. The quantitative estimate of drug-likeness (QED) is 0.278. The number of carbonyl (C=O) groups excluding carboxylic acids is 1.